The number of thiazole rings is 1. The standard InChI is InChI=1S/C16H18N4O3S/c21-13(10-2-1-5-17-8-10)20(11-3-4-11)15(23)12-9-18-16-19(14(12)22)6-7-24-16/h6-7,9-11,17H,1-5,8H2. The van der Waals surface area contributed by atoms with Crippen LogP contribution in [0.2, 0.25) is 0 Å². The van der Waals surface area contributed by atoms with Crippen LogP contribution >= 0.6 is 11.3 Å². The molecule has 1 N–H and O–H groups in total. The first-order chi connectivity index (χ1) is 11.7. The van der Waals surface area contributed by atoms with Gasteiger partial charge in [-0.25, -0.2) is 4.98 Å². The zero-order valence-corrected chi connectivity index (χ0v) is 13.9. The van der Waals surface area contributed by atoms with Gasteiger partial charge in [0.2, 0.25) is 5.91 Å². The average Bonchev–Trinajstić information content (AvgIpc) is 3.31. The molecule has 0 radical (unpaired) electrons. The van der Waals surface area contributed by atoms with Crippen molar-refractivity contribution in [1.29, 1.82) is 0 Å². The second kappa shape index (κ2) is 6.10. The molecule has 1 unspecified atom stereocenters. The smallest absolute Gasteiger partial charge is 0.271 e. The summed E-state index contributed by atoms with van der Waals surface area (Å²) in [6, 6.07) is -0.0745. The van der Waals surface area contributed by atoms with Crippen LogP contribution in [0, 0.1) is 5.92 Å². The van der Waals surface area contributed by atoms with E-state index in [4.69, 9.17) is 0 Å². The van der Waals surface area contributed by atoms with Gasteiger partial charge in [-0.1, -0.05) is 0 Å². The van der Waals surface area contributed by atoms with E-state index in [2.05, 4.69) is 10.3 Å². The molecule has 1 saturated carbocycles. The van der Waals surface area contributed by atoms with Crippen molar-refractivity contribution >= 4 is 28.1 Å². The van der Waals surface area contributed by atoms with Crippen LogP contribution < -0.4 is 10.9 Å². The second-order valence-corrected chi connectivity index (χ2v) is 7.19. The van der Waals surface area contributed by atoms with Gasteiger partial charge in [0.15, 0.2) is 4.96 Å². The number of piperidine rings is 1. The van der Waals surface area contributed by atoms with Crippen LogP contribution in [0.5, 0.6) is 0 Å². The molecule has 2 amide bonds. The summed E-state index contributed by atoms with van der Waals surface area (Å²) in [4.78, 5) is 44.3. The SMILES string of the molecule is O=C(c1cnc2sccn2c1=O)N(C(=O)C1CCCNC1)C1CC1. The van der Waals surface area contributed by atoms with E-state index in [-0.39, 0.29) is 23.4 Å². The molecule has 1 aliphatic heterocycles. The van der Waals surface area contributed by atoms with E-state index in [9.17, 15) is 14.4 Å². The third kappa shape index (κ3) is 2.65. The van der Waals surface area contributed by atoms with Gasteiger partial charge in [-0.3, -0.25) is 23.7 Å². The lowest BCUT2D eigenvalue weighted by Crippen LogP contribution is -2.48. The number of carbonyl (C=O) groups excluding carboxylic acids is 2. The Labute approximate surface area is 142 Å². The summed E-state index contributed by atoms with van der Waals surface area (Å²) in [5.41, 5.74) is -0.443. The number of hydrogen-bond donors (Lipinski definition) is 1. The monoisotopic (exact) mass is 346 g/mol. The molecule has 3 heterocycles. The molecule has 2 fully saturated rings. The van der Waals surface area contributed by atoms with Crippen molar-refractivity contribution < 1.29 is 9.59 Å². The molecule has 24 heavy (non-hydrogen) atoms. The highest BCUT2D eigenvalue weighted by molar-refractivity contribution is 7.15. The molecular formula is C16H18N4O3S. The Morgan fingerprint density at radius 3 is 2.88 bits per heavy atom. The number of carbonyl (C=O) groups is 2. The van der Waals surface area contributed by atoms with Gasteiger partial charge in [-0.15, -0.1) is 11.3 Å². The van der Waals surface area contributed by atoms with Gasteiger partial charge in [-0.2, -0.15) is 0 Å². The maximum absolute atomic E-state index is 12.9. The lowest BCUT2D eigenvalue weighted by molar-refractivity contribution is -0.133. The fraction of sp³-hybridized carbons (Fsp3) is 0.500. The number of hydrogen-bond acceptors (Lipinski definition) is 6. The fourth-order valence-corrected chi connectivity index (χ4v) is 3.81. The molecule has 4 rings (SSSR count). The quantitative estimate of drug-likeness (QED) is 0.835. The lowest BCUT2D eigenvalue weighted by atomic mass is 9.97. The van der Waals surface area contributed by atoms with Gasteiger partial charge in [0, 0.05) is 30.4 Å². The van der Waals surface area contributed by atoms with Crippen molar-refractivity contribution in [1.82, 2.24) is 19.6 Å². The molecule has 0 spiro atoms. The molecule has 0 bridgehead atoms. The van der Waals surface area contributed by atoms with Crippen LogP contribution in [-0.2, 0) is 4.79 Å². The molecule has 2 aliphatic rings. The van der Waals surface area contributed by atoms with Gasteiger partial charge in [0.25, 0.3) is 11.5 Å². The van der Waals surface area contributed by atoms with E-state index in [0.29, 0.717) is 11.5 Å². The largest absolute Gasteiger partial charge is 0.316 e. The van der Waals surface area contributed by atoms with Crippen molar-refractivity contribution in [2.24, 2.45) is 5.92 Å². The van der Waals surface area contributed by atoms with Crippen molar-refractivity contribution in [2.75, 3.05) is 13.1 Å². The van der Waals surface area contributed by atoms with E-state index >= 15 is 0 Å². The number of amides is 2. The van der Waals surface area contributed by atoms with Crippen LogP contribution in [0.25, 0.3) is 4.96 Å². The van der Waals surface area contributed by atoms with E-state index < -0.39 is 11.5 Å². The van der Waals surface area contributed by atoms with Crippen molar-refractivity contribution in [3.8, 4) is 0 Å². The van der Waals surface area contributed by atoms with E-state index in [1.165, 1.54) is 26.8 Å². The number of imide groups is 1. The first kappa shape index (κ1) is 15.5. The summed E-state index contributed by atoms with van der Waals surface area (Å²) < 4.78 is 1.36. The van der Waals surface area contributed by atoms with E-state index in [1.54, 1.807) is 11.6 Å². The third-order valence-corrected chi connectivity index (χ3v) is 5.36. The summed E-state index contributed by atoms with van der Waals surface area (Å²) in [5, 5.41) is 4.95. The normalized spacial score (nSPS) is 20.9. The Bertz CT molecular complexity index is 848. The van der Waals surface area contributed by atoms with Crippen LogP contribution in [0.1, 0.15) is 36.0 Å². The molecule has 126 valence electrons. The van der Waals surface area contributed by atoms with Gasteiger partial charge in [-0.05, 0) is 32.2 Å². The van der Waals surface area contributed by atoms with Crippen LogP contribution in [0.3, 0.4) is 0 Å². The predicted molar refractivity (Wildman–Crippen MR) is 89.1 cm³/mol. The van der Waals surface area contributed by atoms with Crippen molar-refractivity contribution in [3.05, 3.63) is 33.7 Å². The molecule has 0 aromatic carbocycles. The molecule has 7 nitrogen and oxygen atoms in total. The highest BCUT2D eigenvalue weighted by atomic mass is 32.1. The number of aromatic nitrogens is 2. The summed E-state index contributed by atoms with van der Waals surface area (Å²) in [6.45, 7) is 1.50. The summed E-state index contributed by atoms with van der Waals surface area (Å²) in [6.07, 6.45) is 6.23. The first-order valence-corrected chi connectivity index (χ1v) is 9.08. The average molecular weight is 346 g/mol. The Balaban J connectivity index is 1.67. The number of nitrogens with zero attached hydrogens (tertiary/aromatic N) is 3. The van der Waals surface area contributed by atoms with Gasteiger partial charge in [0.05, 0.1) is 5.92 Å². The fourth-order valence-electron chi connectivity index (χ4n) is 3.14. The summed E-state index contributed by atoms with van der Waals surface area (Å²) in [5.74, 6) is -0.861. The Hall–Kier alpha value is -2.06. The molecule has 1 atom stereocenters. The minimum absolute atomic E-state index is 0.0325. The minimum Gasteiger partial charge on any atom is -0.316 e. The van der Waals surface area contributed by atoms with Gasteiger partial charge < -0.3 is 5.32 Å². The third-order valence-electron chi connectivity index (χ3n) is 4.59. The summed E-state index contributed by atoms with van der Waals surface area (Å²) in [7, 11) is 0. The predicted octanol–water partition coefficient (Wildman–Crippen LogP) is 0.887. The summed E-state index contributed by atoms with van der Waals surface area (Å²) >= 11 is 1.33. The van der Waals surface area contributed by atoms with Crippen LogP contribution in [-0.4, -0.2) is 45.2 Å². The maximum atomic E-state index is 12.9. The molecular weight excluding hydrogens is 328 g/mol. The first-order valence-electron chi connectivity index (χ1n) is 8.20. The zero-order valence-electron chi connectivity index (χ0n) is 13.1. The Morgan fingerprint density at radius 2 is 2.17 bits per heavy atom. The van der Waals surface area contributed by atoms with E-state index in [1.807, 2.05) is 0 Å². The van der Waals surface area contributed by atoms with Crippen LogP contribution in [0.15, 0.2) is 22.6 Å². The zero-order chi connectivity index (χ0) is 16.7. The number of nitrogens with one attached hydrogen (secondary N) is 1. The Morgan fingerprint density at radius 1 is 1.33 bits per heavy atom. The molecule has 1 saturated heterocycles. The second-order valence-electron chi connectivity index (χ2n) is 6.32. The maximum Gasteiger partial charge on any atom is 0.271 e. The van der Waals surface area contributed by atoms with E-state index in [0.717, 1.165) is 32.2 Å². The van der Waals surface area contributed by atoms with Crippen LogP contribution in [0.4, 0.5) is 0 Å². The minimum atomic E-state index is -0.508. The molecule has 2 aromatic heterocycles. The lowest BCUT2D eigenvalue weighted by Gasteiger charge is -2.28. The highest BCUT2D eigenvalue weighted by Gasteiger charge is 2.41. The van der Waals surface area contributed by atoms with Crippen molar-refractivity contribution in [3.63, 3.8) is 0 Å². The molecule has 1 aliphatic carbocycles. The number of fused-ring (bicyclic) bond motifs is 1. The van der Waals surface area contributed by atoms with Gasteiger partial charge in [0.1, 0.15) is 5.56 Å². The van der Waals surface area contributed by atoms with Crippen molar-refractivity contribution in [2.45, 2.75) is 31.7 Å². The molecule has 8 heteroatoms. The Kier molecular flexibility index (Phi) is 3.93. The topological polar surface area (TPSA) is 83.8 Å². The highest BCUT2D eigenvalue weighted by Crippen LogP contribution is 2.30. The molecule has 2 aromatic rings. The number of rotatable bonds is 3. The van der Waals surface area contributed by atoms with Gasteiger partial charge >= 0.3 is 0 Å².